The first-order valence-corrected chi connectivity index (χ1v) is 11.2. The third kappa shape index (κ3) is 4.11. The average molecular weight is 427 g/mol. The molecule has 5 rings (SSSR count). The van der Waals surface area contributed by atoms with Gasteiger partial charge in [0, 0.05) is 22.6 Å². The highest BCUT2D eigenvalue weighted by Gasteiger charge is 2.26. The first kappa shape index (κ1) is 19.6. The van der Waals surface area contributed by atoms with Crippen LogP contribution in [0.15, 0.2) is 78.0 Å². The van der Waals surface area contributed by atoms with E-state index in [-0.39, 0.29) is 6.23 Å². The number of ether oxygens (including phenoxy) is 1. The fraction of sp³-hybridized carbons (Fsp3) is 0.160. The van der Waals surface area contributed by atoms with Gasteiger partial charge in [-0.15, -0.1) is 10.2 Å². The van der Waals surface area contributed by atoms with Crippen molar-refractivity contribution in [3.63, 3.8) is 0 Å². The van der Waals surface area contributed by atoms with Gasteiger partial charge in [0.25, 0.3) is 0 Å². The number of thioether (sulfide) groups is 1. The number of nitrogens with one attached hydrogen (secondary N) is 1. The summed E-state index contributed by atoms with van der Waals surface area (Å²) in [4.78, 5) is 4.74. The molecule has 3 aromatic carbocycles. The summed E-state index contributed by atoms with van der Waals surface area (Å²) >= 11 is 1.55. The van der Waals surface area contributed by atoms with Gasteiger partial charge in [-0.05, 0) is 31.0 Å². The van der Waals surface area contributed by atoms with E-state index in [1.54, 1.807) is 11.8 Å². The van der Waals surface area contributed by atoms with Crippen molar-refractivity contribution in [2.24, 2.45) is 0 Å². The molecule has 5 nitrogen and oxygen atoms in total. The predicted molar refractivity (Wildman–Crippen MR) is 124 cm³/mol. The van der Waals surface area contributed by atoms with Gasteiger partial charge in [-0.25, -0.2) is 0 Å². The van der Waals surface area contributed by atoms with E-state index in [4.69, 9.17) is 9.72 Å². The summed E-state index contributed by atoms with van der Waals surface area (Å²) < 4.78 is 6.42. The van der Waals surface area contributed by atoms with Gasteiger partial charge in [-0.1, -0.05) is 84.1 Å². The SMILES string of the molecule is Cc1ccc(C)c(C2Nc3ccccc3-c3nnc(SCc4ccccc4)nc3O2)c1. The minimum absolute atomic E-state index is 0.369. The molecule has 1 aliphatic rings. The summed E-state index contributed by atoms with van der Waals surface area (Å²) in [6, 6.07) is 24.7. The highest BCUT2D eigenvalue weighted by Crippen LogP contribution is 2.40. The number of fused-ring (bicyclic) bond motifs is 3. The Hall–Kier alpha value is -3.38. The lowest BCUT2D eigenvalue weighted by atomic mass is 10.0. The van der Waals surface area contributed by atoms with E-state index in [0.29, 0.717) is 16.7 Å². The van der Waals surface area contributed by atoms with Crippen molar-refractivity contribution in [1.29, 1.82) is 0 Å². The van der Waals surface area contributed by atoms with E-state index >= 15 is 0 Å². The molecule has 1 aromatic heterocycles. The molecule has 0 fully saturated rings. The summed E-state index contributed by atoms with van der Waals surface area (Å²) in [5.74, 6) is 1.27. The smallest absolute Gasteiger partial charge is 0.247 e. The van der Waals surface area contributed by atoms with Crippen LogP contribution >= 0.6 is 11.8 Å². The molecule has 0 aliphatic carbocycles. The van der Waals surface area contributed by atoms with Crippen molar-refractivity contribution in [2.45, 2.75) is 31.0 Å². The predicted octanol–water partition coefficient (Wildman–Crippen LogP) is 5.95. The summed E-state index contributed by atoms with van der Waals surface area (Å²) in [6.45, 7) is 4.18. The van der Waals surface area contributed by atoms with Crippen molar-refractivity contribution in [2.75, 3.05) is 5.32 Å². The molecule has 1 atom stereocenters. The maximum atomic E-state index is 6.42. The zero-order valence-corrected chi connectivity index (χ0v) is 18.2. The molecule has 31 heavy (non-hydrogen) atoms. The van der Waals surface area contributed by atoms with E-state index < -0.39 is 0 Å². The molecule has 0 bridgehead atoms. The Morgan fingerprint density at radius 3 is 2.61 bits per heavy atom. The third-order valence-corrected chi connectivity index (χ3v) is 6.17. The van der Waals surface area contributed by atoms with Gasteiger partial charge in [0.15, 0.2) is 11.9 Å². The van der Waals surface area contributed by atoms with Gasteiger partial charge < -0.3 is 10.1 Å². The molecule has 0 saturated carbocycles. The Labute approximate surface area is 185 Å². The number of anilines is 1. The average Bonchev–Trinajstić information content (AvgIpc) is 2.96. The second kappa shape index (κ2) is 8.40. The van der Waals surface area contributed by atoms with Crippen LogP contribution in [0.1, 0.15) is 28.5 Å². The van der Waals surface area contributed by atoms with Gasteiger partial charge in [0.1, 0.15) is 0 Å². The molecule has 1 N–H and O–H groups in total. The van der Waals surface area contributed by atoms with Crippen molar-refractivity contribution in [3.8, 4) is 17.1 Å². The molecule has 2 heterocycles. The van der Waals surface area contributed by atoms with Gasteiger partial charge in [-0.3, -0.25) is 0 Å². The quantitative estimate of drug-likeness (QED) is 0.407. The van der Waals surface area contributed by atoms with Crippen LogP contribution in [0.2, 0.25) is 0 Å². The lowest BCUT2D eigenvalue weighted by Crippen LogP contribution is -2.18. The number of nitrogens with zero attached hydrogens (tertiary/aromatic N) is 3. The molecular formula is C25H22N4OS. The molecule has 6 heteroatoms. The van der Waals surface area contributed by atoms with E-state index in [9.17, 15) is 0 Å². The number of hydrogen-bond donors (Lipinski definition) is 1. The van der Waals surface area contributed by atoms with Crippen molar-refractivity contribution in [1.82, 2.24) is 15.2 Å². The topological polar surface area (TPSA) is 59.9 Å². The molecule has 1 aliphatic heterocycles. The lowest BCUT2D eigenvalue weighted by molar-refractivity contribution is 0.224. The van der Waals surface area contributed by atoms with E-state index in [1.807, 2.05) is 42.5 Å². The molecule has 1 unspecified atom stereocenters. The largest absolute Gasteiger partial charge is 0.448 e. The van der Waals surface area contributed by atoms with Crippen molar-refractivity contribution < 1.29 is 4.74 Å². The highest BCUT2D eigenvalue weighted by molar-refractivity contribution is 7.98. The van der Waals surface area contributed by atoms with Crippen LogP contribution in [0, 0.1) is 13.8 Å². The van der Waals surface area contributed by atoms with Crippen LogP contribution in [-0.4, -0.2) is 15.2 Å². The summed E-state index contributed by atoms with van der Waals surface area (Å²) in [5, 5.41) is 13.0. The molecule has 154 valence electrons. The van der Waals surface area contributed by atoms with Gasteiger partial charge in [-0.2, -0.15) is 4.98 Å². The minimum atomic E-state index is -0.369. The van der Waals surface area contributed by atoms with Gasteiger partial charge >= 0.3 is 0 Å². The number of para-hydroxylation sites is 1. The van der Waals surface area contributed by atoms with Crippen LogP contribution < -0.4 is 10.1 Å². The third-order valence-electron chi connectivity index (χ3n) is 5.26. The van der Waals surface area contributed by atoms with E-state index in [0.717, 1.165) is 28.1 Å². The van der Waals surface area contributed by atoms with E-state index in [2.05, 4.69) is 59.7 Å². The Morgan fingerprint density at radius 2 is 1.74 bits per heavy atom. The maximum absolute atomic E-state index is 6.42. The number of rotatable bonds is 4. The Balaban J connectivity index is 1.53. The van der Waals surface area contributed by atoms with Crippen LogP contribution in [0.4, 0.5) is 5.69 Å². The molecule has 0 spiro atoms. The Morgan fingerprint density at radius 1 is 0.935 bits per heavy atom. The number of aromatic nitrogens is 3. The number of aryl methyl sites for hydroxylation is 2. The molecule has 4 aromatic rings. The molecule has 0 amide bonds. The summed E-state index contributed by atoms with van der Waals surface area (Å²) in [7, 11) is 0. The van der Waals surface area contributed by atoms with Crippen LogP contribution in [0.25, 0.3) is 11.3 Å². The van der Waals surface area contributed by atoms with E-state index in [1.165, 1.54) is 11.1 Å². The minimum Gasteiger partial charge on any atom is -0.448 e. The van der Waals surface area contributed by atoms with Crippen molar-refractivity contribution in [3.05, 3.63) is 95.1 Å². The fourth-order valence-electron chi connectivity index (χ4n) is 3.61. The van der Waals surface area contributed by atoms with Gasteiger partial charge in [0.05, 0.1) is 0 Å². The zero-order chi connectivity index (χ0) is 21.2. The Kier molecular flexibility index (Phi) is 5.30. The fourth-order valence-corrected chi connectivity index (χ4v) is 4.35. The first-order chi connectivity index (χ1) is 15.2. The number of benzene rings is 3. The Bertz CT molecular complexity index is 1230. The maximum Gasteiger partial charge on any atom is 0.247 e. The lowest BCUT2D eigenvalue weighted by Gasteiger charge is -2.21. The normalized spacial score (nSPS) is 14.6. The molecular weight excluding hydrogens is 404 g/mol. The van der Waals surface area contributed by atoms with Crippen LogP contribution in [-0.2, 0) is 5.75 Å². The summed E-state index contributed by atoms with van der Waals surface area (Å²) in [6.07, 6.45) is -0.369. The second-order valence-electron chi connectivity index (χ2n) is 7.57. The highest BCUT2D eigenvalue weighted by atomic mass is 32.2. The van der Waals surface area contributed by atoms with Gasteiger partial charge in [0.2, 0.25) is 11.0 Å². The van der Waals surface area contributed by atoms with Crippen LogP contribution in [0.5, 0.6) is 5.88 Å². The van der Waals surface area contributed by atoms with Crippen molar-refractivity contribution >= 4 is 17.4 Å². The summed E-state index contributed by atoms with van der Waals surface area (Å²) in [5.41, 5.74) is 7.18. The first-order valence-electron chi connectivity index (χ1n) is 10.2. The monoisotopic (exact) mass is 426 g/mol. The molecule has 0 saturated heterocycles. The molecule has 0 radical (unpaired) electrons. The number of hydrogen-bond acceptors (Lipinski definition) is 6. The zero-order valence-electron chi connectivity index (χ0n) is 17.4. The second-order valence-corrected chi connectivity index (χ2v) is 8.51. The standard InChI is InChI=1S/C25H22N4OS/c1-16-12-13-17(2)20(14-16)23-26-21-11-7-6-10-19(21)22-24(30-23)27-25(29-28-22)31-15-18-8-4-3-5-9-18/h3-14,23,26H,15H2,1-2H3. The van der Waals surface area contributed by atoms with Crippen LogP contribution in [0.3, 0.4) is 0 Å².